The molecule has 0 unspecified atom stereocenters. The van der Waals surface area contributed by atoms with E-state index >= 15 is 0 Å². The van der Waals surface area contributed by atoms with E-state index in [9.17, 15) is 12.3 Å². The molecule has 0 heterocycles. The molecule has 120 valence electrons. The number of halogens is 1. The van der Waals surface area contributed by atoms with Gasteiger partial charge in [0.1, 0.15) is 0 Å². The first-order chi connectivity index (χ1) is 11.0. The fourth-order valence-corrected chi connectivity index (χ4v) is 2.07. The van der Waals surface area contributed by atoms with Crippen LogP contribution in [-0.4, -0.2) is 14.3 Å². The number of benzene rings is 2. The van der Waals surface area contributed by atoms with Crippen molar-refractivity contribution in [2.45, 2.75) is 18.2 Å². The molecule has 1 N–H and O–H groups in total. The quantitative estimate of drug-likeness (QED) is 0.291. The summed E-state index contributed by atoms with van der Waals surface area (Å²) < 4.78 is 34.2. The highest BCUT2D eigenvalue weighted by Gasteiger charge is 2.10. The van der Waals surface area contributed by atoms with Crippen molar-refractivity contribution in [1.29, 1.82) is 0 Å². The Labute approximate surface area is 134 Å². The molecule has 0 aliphatic rings. The van der Waals surface area contributed by atoms with Crippen LogP contribution in [0.2, 0.25) is 0 Å². The van der Waals surface area contributed by atoms with Gasteiger partial charge in [0.15, 0.2) is 5.84 Å². The first-order valence-electron chi connectivity index (χ1n) is 6.83. The van der Waals surface area contributed by atoms with Gasteiger partial charge in [0.2, 0.25) is 0 Å². The molecule has 0 atom stereocenters. The molecule has 2 aromatic carbocycles. The number of rotatable bonds is 5. The van der Waals surface area contributed by atoms with E-state index in [4.69, 9.17) is 0 Å². The summed E-state index contributed by atoms with van der Waals surface area (Å²) in [6.07, 6.45) is 0.556. The second-order valence-corrected chi connectivity index (χ2v) is 5.84. The lowest BCUT2D eigenvalue weighted by Crippen LogP contribution is -1.97. The molecule has 6 nitrogen and oxygen atoms in total. The summed E-state index contributed by atoms with van der Waals surface area (Å²) in [6, 6.07) is 14.4. The molecule has 2 rings (SSSR count). The molecule has 23 heavy (non-hydrogen) atoms. The number of nitrogens with one attached hydrogen (secondary N) is 1. The lowest BCUT2D eigenvalue weighted by atomic mass is 10.3. The zero-order chi connectivity index (χ0) is 16.7. The summed E-state index contributed by atoms with van der Waals surface area (Å²) in [5.74, 6) is 0.469. The van der Waals surface area contributed by atoms with Crippen molar-refractivity contribution < 1.29 is 12.3 Å². The normalized spacial score (nSPS) is 12.5. The smallest absolute Gasteiger partial charge is 0.277 e. The number of amidine groups is 1. The summed E-state index contributed by atoms with van der Waals surface area (Å²) in [4.78, 5) is -0.411. The number of hydrogen-bond acceptors (Lipinski definition) is 5. The van der Waals surface area contributed by atoms with E-state index in [0.29, 0.717) is 17.9 Å². The number of hydrazone groups is 1. The van der Waals surface area contributed by atoms with Crippen LogP contribution in [0, 0.1) is 0 Å². The lowest BCUT2D eigenvalue weighted by molar-refractivity contribution is 0.552. The molecule has 0 radical (unpaired) electrons. The van der Waals surface area contributed by atoms with Crippen molar-refractivity contribution in [2.24, 2.45) is 15.3 Å². The molecule has 0 aliphatic carbocycles. The largest absolute Gasteiger partial charge is 0.332 e. The van der Waals surface area contributed by atoms with Crippen molar-refractivity contribution in [2.75, 3.05) is 5.43 Å². The van der Waals surface area contributed by atoms with Crippen molar-refractivity contribution in [3.63, 3.8) is 0 Å². The van der Waals surface area contributed by atoms with Crippen molar-refractivity contribution in [1.82, 2.24) is 0 Å². The highest BCUT2D eigenvalue weighted by Crippen LogP contribution is 2.18. The summed E-state index contributed by atoms with van der Waals surface area (Å²) in [5.41, 5.74) is 4.09. The average molecular weight is 334 g/mol. The summed E-state index contributed by atoms with van der Waals surface area (Å²) in [6.45, 7) is 1.88. The highest BCUT2D eigenvalue weighted by molar-refractivity contribution is 7.86. The van der Waals surface area contributed by atoms with E-state index in [-0.39, 0.29) is 0 Å². The third-order valence-corrected chi connectivity index (χ3v) is 3.64. The molecule has 0 amide bonds. The number of hydrogen-bond donors (Lipinski definition) is 1. The van der Waals surface area contributed by atoms with Crippen LogP contribution in [-0.2, 0) is 10.2 Å². The lowest BCUT2D eigenvalue weighted by Gasteiger charge is -2.00. The minimum absolute atomic E-state index is 0.401. The third kappa shape index (κ3) is 5.26. The monoisotopic (exact) mass is 334 g/mol. The Hall–Kier alpha value is -2.61. The van der Waals surface area contributed by atoms with Crippen LogP contribution >= 0.6 is 0 Å². The van der Waals surface area contributed by atoms with Crippen LogP contribution in [0.3, 0.4) is 0 Å². The second kappa shape index (κ2) is 7.59. The predicted molar refractivity (Wildman–Crippen MR) is 87.0 cm³/mol. The Morgan fingerprint density at radius 2 is 1.74 bits per heavy atom. The van der Waals surface area contributed by atoms with Gasteiger partial charge in [-0.25, -0.2) is 0 Å². The Morgan fingerprint density at radius 3 is 2.30 bits per heavy atom. The molecule has 0 saturated heterocycles. The molecule has 2 aromatic rings. The van der Waals surface area contributed by atoms with Gasteiger partial charge >= 0.3 is 10.2 Å². The molecule has 0 saturated carbocycles. The Kier molecular flexibility index (Phi) is 5.53. The standard InChI is InChI=1S/C15H15FN4O2S/c1-2-15(19-17-12-6-4-3-5-7-12)20-18-13-8-10-14(11-9-13)23(16,21)22/h3-11,17H,2H2,1H3/b19-15+,20-18?. The van der Waals surface area contributed by atoms with Crippen LogP contribution in [0.25, 0.3) is 0 Å². The Bertz CT molecular complexity index is 803. The zero-order valence-electron chi connectivity index (χ0n) is 12.3. The van der Waals surface area contributed by atoms with Crippen molar-refractivity contribution in [3.8, 4) is 0 Å². The number of para-hydroxylation sites is 1. The molecule has 0 bridgehead atoms. The minimum atomic E-state index is -4.70. The maximum absolute atomic E-state index is 12.8. The maximum Gasteiger partial charge on any atom is 0.332 e. The molecule has 0 aromatic heterocycles. The minimum Gasteiger partial charge on any atom is -0.277 e. The number of azo groups is 1. The van der Waals surface area contributed by atoms with Gasteiger partial charge in [-0.3, -0.25) is 5.43 Å². The SMILES string of the molecule is CC/C(N=Nc1ccc(S(=O)(=O)F)cc1)=N\Nc1ccccc1. The van der Waals surface area contributed by atoms with E-state index in [0.717, 1.165) is 17.8 Å². The summed E-state index contributed by atoms with van der Waals surface area (Å²) in [7, 11) is -4.70. The van der Waals surface area contributed by atoms with Gasteiger partial charge in [-0.05, 0) is 36.4 Å². The van der Waals surface area contributed by atoms with Crippen LogP contribution < -0.4 is 5.43 Å². The number of anilines is 1. The van der Waals surface area contributed by atoms with Gasteiger partial charge < -0.3 is 0 Å². The summed E-state index contributed by atoms with van der Waals surface area (Å²) in [5, 5.41) is 12.1. The third-order valence-electron chi connectivity index (χ3n) is 2.80. The Morgan fingerprint density at radius 1 is 1.09 bits per heavy atom. The van der Waals surface area contributed by atoms with E-state index in [1.165, 1.54) is 12.1 Å². The van der Waals surface area contributed by atoms with Gasteiger partial charge in [-0.1, -0.05) is 25.1 Å². The van der Waals surface area contributed by atoms with E-state index in [1.54, 1.807) is 0 Å². The van der Waals surface area contributed by atoms with Crippen LogP contribution in [0.1, 0.15) is 13.3 Å². The van der Waals surface area contributed by atoms with E-state index < -0.39 is 15.1 Å². The molecular formula is C15H15FN4O2S. The molecular weight excluding hydrogens is 319 g/mol. The van der Waals surface area contributed by atoms with Gasteiger partial charge in [0.05, 0.1) is 16.3 Å². The topological polar surface area (TPSA) is 83.2 Å². The Balaban J connectivity index is 2.07. The van der Waals surface area contributed by atoms with E-state index in [2.05, 4.69) is 20.8 Å². The average Bonchev–Trinajstić information content (AvgIpc) is 2.55. The van der Waals surface area contributed by atoms with Crippen molar-refractivity contribution in [3.05, 3.63) is 54.6 Å². The van der Waals surface area contributed by atoms with Crippen LogP contribution in [0.15, 0.2) is 74.8 Å². The van der Waals surface area contributed by atoms with Gasteiger partial charge in [-0.2, -0.15) is 13.5 Å². The predicted octanol–water partition coefficient (Wildman–Crippen LogP) is 4.26. The van der Waals surface area contributed by atoms with E-state index in [1.807, 2.05) is 37.3 Å². The molecule has 0 fully saturated rings. The van der Waals surface area contributed by atoms with Gasteiger partial charge in [0, 0.05) is 6.42 Å². The molecule has 8 heteroatoms. The van der Waals surface area contributed by atoms with Crippen LogP contribution in [0.5, 0.6) is 0 Å². The van der Waals surface area contributed by atoms with Crippen LogP contribution in [0.4, 0.5) is 15.3 Å². The highest BCUT2D eigenvalue weighted by atomic mass is 32.3. The number of nitrogens with zero attached hydrogens (tertiary/aromatic N) is 3. The maximum atomic E-state index is 12.8. The molecule has 0 aliphatic heterocycles. The first kappa shape index (κ1) is 16.8. The second-order valence-electron chi connectivity index (χ2n) is 4.49. The van der Waals surface area contributed by atoms with Gasteiger partial charge in [0.25, 0.3) is 0 Å². The van der Waals surface area contributed by atoms with Gasteiger partial charge in [-0.15, -0.1) is 14.1 Å². The molecule has 0 spiro atoms. The summed E-state index contributed by atoms with van der Waals surface area (Å²) >= 11 is 0. The fraction of sp³-hybridized carbons (Fsp3) is 0.133. The first-order valence-corrected chi connectivity index (χ1v) is 8.21. The fourth-order valence-electron chi connectivity index (χ4n) is 1.60. The van der Waals surface area contributed by atoms with Crippen molar-refractivity contribution >= 4 is 27.4 Å². The zero-order valence-corrected chi connectivity index (χ0v) is 13.2.